The maximum Gasteiger partial charge on any atom is 0.421 e. The highest BCUT2D eigenvalue weighted by molar-refractivity contribution is 6.31. The molecule has 2 aliphatic heterocycles. The number of likely N-dealkylation sites (tertiary alicyclic amines) is 1. The van der Waals surface area contributed by atoms with Crippen LogP contribution >= 0.6 is 0 Å². The van der Waals surface area contributed by atoms with Gasteiger partial charge in [0.25, 0.3) is 0 Å². The maximum absolute atomic E-state index is 11.6. The van der Waals surface area contributed by atoms with Gasteiger partial charge in [-0.05, 0) is 26.3 Å². The van der Waals surface area contributed by atoms with Gasteiger partial charge in [0.15, 0.2) is 0 Å². The molecule has 7 nitrogen and oxygen atoms in total. The van der Waals surface area contributed by atoms with Crippen LogP contribution in [0.5, 0.6) is 0 Å². The van der Waals surface area contributed by atoms with E-state index in [1.54, 1.807) is 7.05 Å². The standard InChI is InChI=1S/C15H24N2O5/c1-16-10-14(20)7-8-17(11-5-3-2-4-6-11)15(9-14)21-12(18)13(19)22-15/h11,16,20H,2-10H2,1H3. The van der Waals surface area contributed by atoms with Gasteiger partial charge < -0.3 is 19.9 Å². The Morgan fingerprint density at radius 3 is 2.45 bits per heavy atom. The Kier molecular flexibility index (Phi) is 4.13. The van der Waals surface area contributed by atoms with Crippen molar-refractivity contribution in [2.75, 3.05) is 20.1 Å². The van der Waals surface area contributed by atoms with Gasteiger partial charge >= 0.3 is 17.8 Å². The molecule has 1 unspecified atom stereocenters. The van der Waals surface area contributed by atoms with Crippen molar-refractivity contribution in [3.63, 3.8) is 0 Å². The Balaban J connectivity index is 1.86. The van der Waals surface area contributed by atoms with Gasteiger partial charge in [0.2, 0.25) is 0 Å². The first-order chi connectivity index (χ1) is 10.5. The number of likely N-dealkylation sites (N-methyl/N-ethyl adjacent to an activating group) is 1. The lowest BCUT2D eigenvalue weighted by molar-refractivity contribution is -0.301. The lowest BCUT2D eigenvalue weighted by Crippen LogP contribution is -2.65. The van der Waals surface area contributed by atoms with E-state index in [1.165, 1.54) is 6.42 Å². The molecule has 3 rings (SSSR count). The molecule has 0 aromatic rings. The van der Waals surface area contributed by atoms with Crippen LogP contribution in [-0.4, -0.2) is 59.6 Å². The molecule has 0 aromatic carbocycles. The van der Waals surface area contributed by atoms with Crippen molar-refractivity contribution in [1.82, 2.24) is 10.2 Å². The molecule has 1 aliphatic carbocycles. The average Bonchev–Trinajstić information content (AvgIpc) is 2.74. The minimum Gasteiger partial charge on any atom is -0.400 e. The van der Waals surface area contributed by atoms with Crippen molar-refractivity contribution >= 4 is 11.9 Å². The molecule has 0 aromatic heterocycles. The lowest BCUT2D eigenvalue weighted by Gasteiger charge is -2.50. The van der Waals surface area contributed by atoms with E-state index in [-0.39, 0.29) is 12.5 Å². The number of hydrogen-bond donors (Lipinski definition) is 2. The highest BCUT2D eigenvalue weighted by Gasteiger charge is 2.60. The summed E-state index contributed by atoms with van der Waals surface area (Å²) in [4.78, 5) is 25.2. The second-order valence-corrected chi connectivity index (χ2v) is 6.66. The predicted molar refractivity (Wildman–Crippen MR) is 76.6 cm³/mol. The molecule has 22 heavy (non-hydrogen) atoms. The number of rotatable bonds is 3. The Bertz CT molecular complexity index is 447. The molecule has 1 saturated carbocycles. The first-order valence-electron chi connectivity index (χ1n) is 8.08. The van der Waals surface area contributed by atoms with E-state index in [1.807, 2.05) is 4.90 Å². The quantitative estimate of drug-likeness (QED) is 0.565. The van der Waals surface area contributed by atoms with Crippen LogP contribution in [0.3, 0.4) is 0 Å². The number of nitrogens with one attached hydrogen (secondary N) is 1. The molecule has 0 amide bonds. The molecule has 1 atom stereocenters. The normalized spacial score (nSPS) is 33.0. The lowest BCUT2D eigenvalue weighted by atomic mass is 9.85. The van der Waals surface area contributed by atoms with Crippen molar-refractivity contribution < 1.29 is 24.2 Å². The summed E-state index contributed by atoms with van der Waals surface area (Å²) in [6.45, 7) is 0.908. The summed E-state index contributed by atoms with van der Waals surface area (Å²) in [5, 5.41) is 13.7. The minimum absolute atomic E-state index is 0.0921. The molecule has 7 heteroatoms. The van der Waals surface area contributed by atoms with Crippen LogP contribution in [0.1, 0.15) is 44.9 Å². The third kappa shape index (κ3) is 2.73. The van der Waals surface area contributed by atoms with E-state index in [0.717, 1.165) is 25.7 Å². The van der Waals surface area contributed by atoms with Gasteiger partial charge in [-0.25, -0.2) is 14.5 Å². The highest BCUT2D eigenvalue weighted by atomic mass is 16.8. The van der Waals surface area contributed by atoms with Crippen molar-refractivity contribution in [3.05, 3.63) is 0 Å². The number of nitrogens with zero attached hydrogens (tertiary/aromatic N) is 1. The Labute approximate surface area is 129 Å². The summed E-state index contributed by atoms with van der Waals surface area (Å²) >= 11 is 0. The van der Waals surface area contributed by atoms with Gasteiger partial charge in [-0.2, -0.15) is 0 Å². The van der Waals surface area contributed by atoms with Crippen LogP contribution in [0.15, 0.2) is 0 Å². The maximum atomic E-state index is 11.6. The minimum atomic E-state index is -1.43. The van der Waals surface area contributed by atoms with Gasteiger partial charge in [0, 0.05) is 19.1 Å². The van der Waals surface area contributed by atoms with E-state index in [9.17, 15) is 14.7 Å². The molecule has 3 aliphatic rings. The van der Waals surface area contributed by atoms with Crippen LogP contribution in [0.25, 0.3) is 0 Å². The van der Waals surface area contributed by atoms with Crippen LogP contribution in [0.4, 0.5) is 0 Å². The molecule has 2 heterocycles. The van der Waals surface area contributed by atoms with Crippen molar-refractivity contribution in [2.45, 2.75) is 62.5 Å². The summed E-state index contributed by atoms with van der Waals surface area (Å²) in [5.74, 6) is -3.36. The fraction of sp³-hybridized carbons (Fsp3) is 0.867. The van der Waals surface area contributed by atoms with Gasteiger partial charge in [0.1, 0.15) is 0 Å². The Hall–Kier alpha value is -1.18. The third-order valence-electron chi connectivity index (χ3n) is 5.00. The Morgan fingerprint density at radius 2 is 1.86 bits per heavy atom. The van der Waals surface area contributed by atoms with E-state index in [2.05, 4.69) is 5.32 Å². The summed E-state index contributed by atoms with van der Waals surface area (Å²) in [6.07, 6.45) is 6.11. The van der Waals surface area contributed by atoms with E-state index < -0.39 is 23.5 Å². The third-order valence-corrected chi connectivity index (χ3v) is 5.00. The first kappa shape index (κ1) is 15.7. The fourth-order valence-corrected chi connectivity index (χ4v) is 4.02. The SMILES string of the molecule is CNCC1(O)CCN(C2CCCCC2)C2(C1)OC(=O)C(=O)O2. The second kappa shape index (κ2) is 5.79. The summed E-state index contributed by atoms with van der Waals surface area (Å²) in [5.41, 5.74) is -1.05. The Morgan fingerprint density at radius 1 is 1.23 bits per heavy atom. The van der Waals surface area contributed by atoms with Crippen LogP contribution < -0.4 is 5.32 Å². The smallest absolute Gasteiger partial charge is 0.400 e. The van der Waals surface area contributed by atoms with Gasteiger partial charge in [-0.3, -0.25) is 0 Å². The summed E-state index contributed by atoms with van der Waals surface area (Å²) in [7, 11) is 1.75. The van der Waals surface area contributed by atoms with Crippen LogP contribution in [-0.2, 0) is 19.1 Å². The molecule has 0 bridgehead atoms. The number of carbonyl (C=O) groups excluding carboxylic acids is 2. The molecule has 3 fully saturated rings. The predicted octanol–water partition coefficient (Wildman–Crippen LogP) is 0.119. The molecule has 1 spiro atoms. The molecular formula is C15H24N2O5. The van der Waals surface area contributed by atoms with E-state index in [4.69, 9.17) is 9.47 Å². The largest absolute Gasteiger partial charge is 0.421 e. The van der Waals surface area contributed by atoms with Gasteiger partial charge in [0.05, 0.1) is 12.0 Å². The zero-order chi connectivity index (χ0) is 15.8. The highest BCUT2D eigenvalue weighted by Crippen LogP contribution is 2.42. The number of hydrogen-bond acceptors (Lipinski definition) is 7. The molecule has 0 radical (unpaired) electrons. The monoisotopic (exact) mass is 312 g/mol. The second-order valence-electron chi connectivity index (χ2n) is 6.66. The zero-order valence-electron chi connectivity index (χ0n) is 13.0. The average molecular weight is 312 g/mol. The first-order valence-corrected chi connectivity index (χ1v) is 8.08. The van der Waals surface area contributed by atoms with Gasteiger partial charge in [-0.15, -0.1) is 0 Å². The number of aliphatic hydroxyl groups is 1. The zero-order valence-corrected chi connectivity index (χ0v) is 13.0. The van der Waals surface area contributed by atoms with E-state index >= 15 is 0 Å². The van der Waals surface area contributed by atoms with Crippen LogP contribution in [0, 0.1) is 0 Å². The molecule has 2 N–H and O–H groups in total. The fourth-order valence-electron chi connectivity index (χ4n) is 4.02. The topological polar surface area (TPSA) is 88.1 Å². The van der Waals surface area contributed by atoms with Crippen molar-refractivity contribution in [1.29, 1.82) is 0 Å². The van der Waals surface area contributed by atoms with Crippen molar-refractivity contribution in [3.8, 4) is 0 Å². The number of ether oxygens (including phenoxy) is 2. The molecular weight excluding hydrogens is 288 g/mol. The number of carbonyl (C=O) groups is 2. The summed E-state index contributed by atoms with van der Waals surface area (Å²) < 4.78 is 10.7. The van der Waals surface area contributed by atoms with E-state index in [0.29, 0.717) is 19.5 Å². The van der Waals surface area contributed by atoms with Crippen molar-refractivity contribution in [2.24, 2.45) is 0 Å². The number of esters is 2. The van der Waals surface area contributed by atoms with Crippen LogP contribution in [0.2, 0.25) is 0 Å². The van der Waals surface area contributed by atoms with Gasteiger partial charge in [-0.1, -0.05) is 19.3 Å². The molecule has 124 valence electrons. The summed E-state index contributed by atoms with van der Waals surface area (Å²) in [6, 6.07) is 0.228. The number of piperidine rings is 1. The molecule has 2 saturated heterocycles.